The minimum atomic E-state index is 0.630. The van der Waals surface area contributed by atoms with E-state index in [4.69, 9.17) is 10.5 Å². The number of aromatic nitrogens is 1. The number of nitrogens with zero attached hydrogens (tertiary/aromatic N) is 1. The van der Waals surface area contributed by atoms with Gasteiger partial charge in [-0.1, -0.05) is 18.2 Å². The lowest BCUT2D eigenvalue weighted by Gasteiger charge is -2.12. The third kappa shape index (κ3) is 2.53. The van der Waals surface area contributed by atoms with Gasteiger partial charge in [0.05, 0.1) is 12.8 Å². The molecule has 0 unspecified atom stereocenters. The van der Waals surface area contributed by atoms with Gasteiger partial charge in [0.25, 0.3) is 0 Å². The summed E-state index contributed by atoms with van der Waals surface area (Å²) < 4.78 is 5.30. The third-order valence-electron chi connectivity index (χ3n) is 2.85. The van der Waals surface area contributed by atoms with E-state index in [1.807, 2.05) is 37.3 Å². The van der Waals surface area contributed by atoms with Gasteiger partial charge in [0.1, 0.15) is 11.6 Å². The van der Waals surface area contributed by atoms with Crippen LogP contribution in [-0.2, 0) is 6.54 Å². The van der Waals surface area contributed by atoms with Gasteiger partial charge in [-0.25, -0.2) is 4.98 Å². The molecule has 94 valence electrons. The van der Waals surface area contributed by atoms with E-state index >= 15 is 0 Å². The molecular formula is C14H17N3O. The molecule has 0 amide bonds. The van der Waals surface area contributed by atoms with Gasteiger partial charge in [-0.2, -0.15) is 0 Å². The number of benzene rings is 1. The second kappa shape index (κ2) is 5.40. The van der Waals surface area contributed by atoms with Gasteiger partial charge in [0.15, 0.2) is 0 Å². The average Bonchev–Trinajstić information content (AvgIpc) is 2.41. The number of hydrogen-bond donors (Lipinski definition) is 2. The largest absolute Gasteiger partial charge is 0.496 e. The number of nitrogens with one attached hydrogen (secondary N) is 1. The Bertz CT molecular complexity index is 540. The molecular weight excluding hydrogens is 226 g/mol. The molecule has 0 saturated heterocycles. The van der Waals surface area contributed by atoms with Gasteiger partial charge in [-0.3, -0.25) is 0 Å². The predicted molar refractivity (Wildman–Crippen MR) is 73.7 cm³/mol. The third-order valence-corrected chi connectivity index (χ3v) is 2.85. The van der Waals surface area contributed by atoms with Crippen LogP contribution in [0.2, 0.25) is 0 Å². The summed E-state index contributed by atoms with van der Waals surface area (Å²) in [7, 11) is 1.66. The van der Waals surface area contributed by atoms with Crippen molar-refractivity contribution in [1.82, 2.24) is 4.98 Å². The molecule has 1 heterocycles. The van der Waals surface area contributed by atoms with Gasteiger partial charge in [-0.15, -0.1) is 0 Å². The zero-order valence-electron chi connectivity index (χ0n) is 10.6. The Kier molecular flexibility index (Phi) is 3.67. The van der Waals surface area contributed by atoms with Gasteiger partial charge >= 0.3 is 0 Å². The van der Waals surface area contributed by atoms with Crippen molar-refractivity contribution in [3.63, 3.8) is 0 Å². The van der Waals surface area contributed by atoms with E-state index in [0.717, 1.165) is 16.9 Å². The molecule has 4 nitrogen and oxygen atoms in total. The lowest BCUT2D eigenvalue weighted by atomic mass is 10.2. The molecule has 0 radical (unpaired) electrons. The second-order valence-electron chi connectivity index (χ2n) is 4.06. The molecule has 0 bridgehead atoms. The van der Waals surface area contributed by atoms with Crippen molar-refractivity contribution in [2.45, 2.75) is 13.5 Å². The second-order valence-corrected chi connectivity index (χ2v) is 4.06. The standard InChI is InChI=1S/C14H17N3O/c1-10-7-8-16-14(13(10)15)17-9-11-5-3-4-6-12(11)18-2/h3-8H,9,15H2,1-2H3,(H,16,17). The Morgan fingerprint density at radius 2 is 2.06 bits per heavy atom. The first-order valence-electron chi connectivity index (χ1n) is 5.79. The summed E-state index contributed by atoms with van der Waals surface area (Å²) >= 11 is 0. The summed E-state index contributed by atoms with van der Waals surface area (Å²) in [5.74, 6) is 1.57. The Hall–Kier alpha value is -2.23. The number of rotatable bonds is 4. The Labute approximate surface area is 107 Å². The van der Waals surface area contributed by atoms with Crippen LogP contribution in [0.25, 0.3) is 0 Å². The zero-order valence-corrected chi connectivity index (χ0v) is 10.6. The highest BCUT2D eigenvalue weighted by Crippen LogP contribution is 2.22. The molecule has 2 aromatic rings. The van der Waals surface area contributed by atoms with Gasteiger partial charge in [0.2, 0.25) is 0 Å². The zero-order chi connectivity index (χ0) is 13.0. The number of hydrogen-bond acceptors (Lipinski definition) is 4. The highest BCUT2D eigenvalue weighted by Gasteiger charge is 2.05. The lowest BCUT2D eigenvalue weighted by Crippen LogP contribution is -2.06. The molecule has 0 atom stereocenters. The molecule has 0 spiro atoms. The van der Waals surface area contributed by atoms with E-state index in [1.54, 1.807) is 13.3 Å². The number of nitrogens with two attached hydrogens (primary N) is 1. The number of para-hydroxylation sites is 1. The smallest absolute Gasteiger partial charge is 0.149 e. The van der Waals surface area contributed by atoms with E-state index in [1.165, 1.54) is 0 Å². The quantitative estimate of drug-likeness (QED) is 0.866. The minimum Gasteiger partial charge on any atom is -0.496 e. The van der Waals surface area contributed by atoms with Crippen LogP contribution in [0, 0.1) is 6.92 Å². The maximum Gasteiger partial charge on any atom is 0.149 e. The van der Waals surface area contributed by atoms with E-state index in [-0.39, 0.29) is 0 Å². The molecule has 1 aromatic heterocycles. The summed E-state index contributed by atoms with van der Waals surface area (Å²) in [5, 5.41) is 3.23. The highest BCUT2D eigenvalue weighted by molar-refractivity contribution is 5.65. The highest BCUT2D eigenvalue weighted by atomic mass is 16.5. The minimum absolute atomic E-state index is 0.630. The number of pyridine rings is 1. The normalized spacial score (nSPS) is 10.1. The van der Waals surface area contributed by atoms with E-state index in [0.29, 0.717) is 18.1 Å². The molecule has 0 fully saturated rings. The summed E-state index contributed by atoms with van der Waals surface area (Å²) in [6, 6.07) is 9.76. The van der Waals surface area contributed by atoms with Crippen LogP contribution in [0.3, 0.4) is 0 Å². The number of aryl methyl sites for hydroxylation is 1. The molecule has 4 heteroatoms. The lowest BCUT2D eigenvalue weighted by molar-refractivity contribution is 0.410. The number of ether oxygens (including phenoxy) is 1. The molecule has 0 aliphatic rings. The van der Waals surface area contributed by atoms with Crippen LogP contribution in [0.5, 0.6) is 5.75 Å². The first-order chi connectivity index (χ1) is 8.72. The summed E-state index contributed by atoms with van der Waals surface area (Å²) in [6.07, 6.45) is 1.75. The molecule has 0 aliphatic carbocycles. The van der Waals surface area contributed by atoms with Gasteiger partial charge < -0.3 is 15.8 Å². The number of methoxy groups -OCH3 is 1. The summed E-state index contributed by atoms with van der Waals surface area (Å²) in [6.45, 7) is 2.59. The Morgan fingerprint density at radius 3 is 2.83 bits per heavy atom. The molecule has 0 saturated carbocycles. The van der Waals surface area contributed by atoms with Crippen molar-refractivity contribution in [3.8, 4) is 5.75 Å². The van der Waals surface area contributed by atoms with Crippen molar-refractivity contribution in [1.29, 1.82) is 0 Å². The average molecular weight is 243 g/mol. The fourth-order valence-electron chi connectivity index (χ4n) is 1.74. The first kappa shape index (κ1) is 12.2. The van der Waals surface area contributed by atoms with Crippen LogP contribution in [0.1, 0.15) is 11.1 Å². The van der Waals surface area contributed by atoms with Crippen LogP contribution < -0.4 is 15.8 Å². The Balaban J connectivity index is 2.14. The van der Waals surface area contributed by atoms with Crippen LogP contribution in [-0.4, -0.2) is 12.1 Å². The molecule has 18 heavy (non-hydrogen) atoms. The van der Waals surface area contributed by atoms with Crippen molar-refractivity contribution < 1.29 is 4.74 Å². The van der Waals surface area contributed by atoms with Crippen molar-refractivity contribution in [3.05, 3.63) is 47.7 Å². The summed E-state index contributed by atoms with van der Waals surface area (Å²) in [5.41, 5.74) is 8.74. The number of anilines is 2. The molecule has 1 aromatic carbocycles. The molecule has 0 aliphatic heterocycles. The molecule has 3 N–H and O–H groups in total. The van der Waals surface area contributed by atoms with E-state index in [2.05, 4.69) is 10.3 Å². The van der Waals surface area contributed by atoms with Crippen molar-refractivity contribution in [2.24, 2.45) is 0 Å². The fraction of sp³-hybridized carbons (Fsp3) is 0.214. The Morgan fingerprint density at radius 1 is 1.28 bits per heavy atom. The van der Waals surface area contributed by atoms with Crippen LogP contribution >= 0.6 is 0 Å². The maximum atomic E-state index is 5.96. The monoisotopic (exact) mass is 243 g/mol. The predicted octanol–water partition coefficient (Wildman–Crippen LogP) is 2.59. The van der Waals surface area contributed by atoms with Crippen molar-refractivity contribution in [2.75, 3.05) is 18.2 Å². The van der Waals surface area contributed by atoms with Crippen LogP contribution in [0.15, 0.2) is 36.5 Å². The van der Waals surface area contributed by atoms with Gasteiger partial charge in [-0.05, 0) is 24.6 Å². The van der Waals surface area contributed by atoms with E-state index < -0.39 is 0 Å². The fourth-order valence-corrected chi connectivity index (χ4v) is 1.74. The molecule has 2 rings (SSSR count). The van der Waals surface area contributed by atoms with Crippen LogP contribution in [0.4, 0.5) is 11.5 Å². The van der Waals surface area contributed by atoms with Crippen molar-refractivity contribution >= 4 is 11.5 Å². The SMILES string of the molecule is COc1ccccc1CNc1nccc(C)c1N. The van der Waals surface area contributed by atoms with E-state index in [9.17, 15) is 0 Å². The summed E-state index contributed by atoms with van der Waals surface area (Å²) in [4.78, 5) is 4.23. The maximum absolute atomic E-state index is 5.96. The number of nitrogen functional groups attached to an aromatic ring is 1. The topological polar surface area (TPSA) is 60.2 Å². The first-order valence-corrected chi connectivity index (χ1v) is 5.79. The van der Waals surface area contributed by atoms with Gasteiger partial charge in [0, 0.05) is 18.3 Å².